The number of para-hydroxylation sites is 1. The highest BCUT2D eigenvalue weighted by molar-refractivity contribution is 7.98. The molecule has 0 saturated heterocycles. The Morgan fingerprint density at radius 2 is 1.81 bits per heavy atom. The van der Waals surface area contributed by atoms with E-state index in [0.29, 0.717) is 11.5 Å². The van der Waals surface area contributed by atoms with Crippen LogP contribution in [0.5, 0.6) is 0 Å². The monoisotopic (exact) mass is 378 g/mol. The van der Waals surface area contributed by atoms with Crippen LogP contribution < -0.4 is 5.32 Å². The van der Waals surface area contributed by atoms with Crippen molar-refractivity contribution in [1.29, 1.82) is 0 Å². The zero-order valence-corrected chi connectivity index (χ0v) is 15.8. The molecule has 0 atom stereocenters. The Balaban J connectivity index is 1.32. The molecule has 1 aliphatic carbocycles. The molecule has 2 N–H and O–H groups in total. The summed E-state index contributed by atoms with van der Waals surface area (Å²) in [7, 11) is 0. The predicted octanol–water partition coefficient (Wildman–Crippen LogP) is 5.01. The molecule has 0 radical (unpaired) electrons. The first-order valence-electron chi connectivity index (χ1n) is 9.28. The fraction of sp³-hybridized carbons (Fsp3) is 0.286. The van der Waals surface area contributed by atoms with Gasteiger partial charge < -0.3 is 5.32 Å². The number of anilines is 1. The molecule has 1 saturated carbocycles. The Hall–Kier alpha value is -2.60. The first-order valence-corrected chi connectivity index (χ1v) is 10.3. The van der Waals surface area contributed by atoms with Gasteiger partial charge in [-0.2, -0.15) is 0 Å². The fourth-order valence-electron chi connectivity index (χ4n) is 3.33. The van der Waals surface area contributed by atoms with Crippen LogP contribution >= 0.6 is 11.8 Å². The van der Waals surface area contributed by atoms with E-state index < -0.39 is 0 Å². The van der Waals surface area contributed by atoms with Gasteiger partial charge in [0.05, 0.1) is 0 Å². The zero-order valence-electron chi connectivity index (χ0n) is 15.0. The Morgan fingerprint density at radius 1 is 1.07 bits per heavy atom. The molecule has 138 valence electrons. The summed E-state index contributed by atoms with van der Waals surface area (Å²) in [5.41, 5.74) is 2.59. The van der Waals surface area contributed by atoms with Crippen LogP contribution in [0.3, 0.4) is 0 Å². The first-order chi connectivity index (χ1) is 13.3. The number of nitrogens with one attached hydrogen (secondary N) is 2. The predicted molar refractivity (Wildman–Crippen MR) is 108 cm³/mol. The SMILES string of the molecule is O=C(Nc1ccccc1)c1ccc(CSc2n[nH]c(C3CCCC3)n2)cc1. The molecule has 1 aromatic heterocycles. The Kier molecular flexibility index (Phi) is 5.53. The minimum atomic E-state index is -0.101. The Morgan fingerprint density at radius 3 is 2.56 bits per heavy atom. The number of hydrogen-bond acceptors (Lipinski definition) is 4. The van der Waals surface area contributed by atoms with E-state index in [4.69, 9.17) is 0 Å². The van der Waals surface area contributed by atoms with E-state index in [-0.39, 0.29) is 5.91 Å². The third-order valence-corrected chi connectivity index (χ3v) is 5.76. The summed E-state index contributed by atoms with van der Waals surface area (Å²) in [6.07, 6.45) is 5.01. The molecule has 4 rings (SSSR count). The van der Waals surface area contributed by atoms with Crippen molar-refractivity contribution >= 4 is 23.4 Å². The molecule has 0 aliphatic heterocycles. The highest BCUT2D eigenvalue weighted by atomic mass is 32.2. The van der Waals surface area contributed by atoms with Gasteiger partial charge in [0.25, 0.3) is 5.91 Å². The number of aromatic nitrogens is 3. The fourth-order valence-corrected chi connectivity index (χ4v) is 4.09. The molecule has 0 spiro atoms. The van der Waals surface area contributed by atoms with E-state index in [2.05, 4.69) is 20.5 Å². The molecule has 0 bridgehead atoms. The van der Waals surface area contributed by atoms with Crippen molar-refractivity contribution in [3.63, 3.8) is 0 Å². The number of benzene rings is 2. The van der Waals surface area contributed by atoms with Gasteiger partial charge in [0.1, 0.15) is 5.82 Å². The lowest BCUT2D eigenvalue weighted by Crippen LogP contribution is -2.11. The largest absolute Gasteiger partial charge is 0.322 e. The van der Waals surface area contributed by atoms with E-state index in [1.807, 2.05) is 54.6 Å². The van der Waals surface area contributed by atoms with Gasteiger partial charge in [-0.25, -0.2) is 4.98 Å². The maximum Gasteiger partial charge on any atom is 0.255 e. The van der Waals surface area contributed by atoms with Crippen LogP contribution in [0.25, 0.3) is 0 Å². The van der Waals surface area contributed by atoms with E-state index >= 15 is 0 Å². The van der Waals surface area contributed by atoms with Gasteiger partial charge in [-0.05, 0) is 42.7 Å². The number of hydrogen-bond donors (Lipinski definition) is 2. The van der Waals surface area contributed by atoms with Crippen molar-refractivity contribution in [2.75, 3.05) is 5.32 Å². The molecule has 27 heavy (non-hydrogen) atoms. The van der Waals surface area contributed by atoms with Crippen molar-refractivity contribution in [2.45, 2.75) is 42.5 Å². The average molecular weight is 379 g/mol. The molecule has 1 amide bonds. The van der Waals surface area contributed by atoms with Crippen LogP contribution in [0.15, 0.2) is 59.8 Å². The van der Waals surface area contributed by atoms with Gasteiger partial charge in [-0.15, -0.1) is 5.10 Å². The molecule has 2 aromatic carbocycles. The molecular weight excluding hydrogens is 356 g/mol. The average Bonchev–Trinajstić information content (AvgIpc) is 3.39. The number of amides is 1. The lowest BCUT2D eigenvalue weighted by molar-refractivity contribution is 0.102. The summed E-state index contributed by atoms with van der Waals surface area (Å²) in [6, 6.07) is 17.2. The van der Waals surface area contributed by atoms with Crippen molar-refractivity contribution in [3.05, 3.63) is 71.5 Å². The second-order valence-corrected chi connectivity index (χ2v) is 7.73. The highest BCUT2D eigenvalue weighted by Crippen LogP contribution is 2.32. The van der Waals surface area contributed by atoms with E-state index in [0.717, 1.165) is 28.0 Å². The smallest absolute Gasteiger partial charge is 0.255 e. The third-order valence-electron chi connectivity index (χ3n) is 4.84. The van der Waals surface area contributed by atoms with Crippen molar-refractivity contribution in [3.8, 4) is 0 Å². The van der Waals surface area contributed by atoms with Gasteiger partial charge in [0.2, 0.25) is 5.16 Å². The van der Waals surface area contributed by atoms with Crippen LogP contribution in [-0.2, 0) is 5.75 Å². The number of nitrogens with zero attached hydrogens (tertiary/aromatic N) is 2. The van der Waals surface area contributed by atoms with Gasteiger partial charge in [-0.3, -0.25) is 9.89 Å². The Labute approximate surface area is 163 Å². The maximum absolute atomic E-state index is 12.3. The number of aromatic amines is 1. The molecule has 1 fully saturated rings. The lowest BCUT2D eigenvalue weighted by Gasteiger charge is -2.06. The topological polar surface area (TPSA) is 70.7 Å². The van der Waals surface area contributed by atoms with Gasteiger partial charge in [0, 0.05) is 22.9 Å². The normalized spacial score (nSPS) is 14.4. The second-order valence-electron chi connectivity index (χ2n) is 6.79. The van der Waals surface area contributed by atoms with Crippen molar-refractivity contribution in [2.24, 2.45) is 0 Å². The highest BCUT2D eigenvalue weighted by Gasteiger charge is 2.20. The summed E-state index contributed by atoms with van der Waals surface area (Å²) in [6.45, 7) is 0. The van der Waals surface area contributed by atoms with Gasteiger partial charge >= 0.3 is 0 Å². The quantitative estimate of drug-likeness (QED) is 0.592. The number of rotatable bonds is 6. The summed E-state index contributed by atoms with van der Waals surface area (Å²) in [4.78, 5) is 16.9. The van der Waals surface area contributed by atoms with Crippen LogP contribution in [0.4, 0.5) is 5.69 Å². The molecule has 0 unspecified atom stereocenters. The van der Waals surface area contributed by atoms with E-state index in [1.165, 1.54) is 25.7 Å². The molecule has 1 heterocycles. The van der Waals surface area contributed by atoms with Crippen molar-refractivity contribution < 1.29 is 4.79 Å². The second kappa shape index (κ2) is 8.39. The van der Waals surface area contributed by atoms with Gasteiger partial charge in [0.15, 0.2) is 0 Å². The maximum atomic E-state index is 12.3. The lowest BCUT2D eigenvalue weighted by atomic mass is 10.1. The molecule has 3 aromatic rings. The molecule has 6 heteroatoms. The first kappa shape index (κ1) is 17.8. The summed E-state index contributed by atoms with van der Waals surface area (Å²) in [5, 5.41) is 11.1. The number of H-pyrrole nitrogens is 1. The van der Waals surface area contributed by atoms with E-state index in [9.17, 15) is 4.79 Å². The molecule has 1 aliphatic rings. The number of carbonyl (C=O) groups excluding carboxylic acids is 1. The summed E-state index contributed by atoms with van der Waals surface area (Å²) >= 11 is 1.62. The summed E-state index contributed by atoms with van der Waals surface area (Å²) < 4.78 is 0. The Bertz CT molecular complexity index is 886. The van der Waals surface area contributed by atoms with Crippen LogP contribution in [-0.4, -0.2) is 21.1 Å². The van der Waals surface area contributed by atoms with Crippen LogP contribution in [0.2, 0.25) is 0 Å². The van der Waals surface area contributed by atoms with Crippen molar-refractivity contribution in [1.82, 2.24) is 15.2 Å². The standard InChI is InChI=1S/C21H22N4OS/c26-20(22-18-8-2-1-3-9-18)17-12-10-15(11-13-17)14-27-21-23-19(24-25-21)16-6-4-5-7-16/h1-3,8-13,16H,4-7,14H2,(H,22,26)(H,23,24,25). The van der Waals surface area contributed by atoms with Crippen LogP contribution in [0, 0.1) is 0 Å². The summed E-state index contributed by atoms with van der Waals surface area (Å²) in [5.74, 6) is 2.26. The van der Waals surface area contributed by atoms with Gasteiger partial charge in [-0.1, -0.05) is 54.9 Å². The van der Waals surface area contributed by atoms with E-state index in [1.54, 1.807) is 11.8 Å². The molecular formula is C21H22N4OS. The third kappa shape index (κ3) is 4.57. The van der Waals surface area contributed by atoms with Crippen LogP contribution in [0.1, 0.15) is 53.3 Å². The minimum absolute atomic E-state index is 0.101. The number of thioether (sulfide) groups is 1. The molecule has 5 nitrogen and oxygen atoms in total. The number of carbonyl (C=O) groups is 1. The minimum Gasteiger partial charge on any atom is -0.322 e. The zero-order chi connectivity index (χ0) is 18.5.